The lowest BCUT2D eigenvalue weighted by molar-refractivity contribution is -0.138. The highest BCUT2D eigenvalue weighted by Gasteiger charge is 2.28. The van der Waals surface area contributed by atoms with Gasteiger partial charge in [0.2, 0.25) is 5.91 Å². The Hall–Kier alpha value is -2.57. The van der Waals surface area contributed by atoms with Crippen molar-refractivity contribution in [2.24, 2.45) is 5.92 Å². The van der Waals surface area contributed by atoms with Crippen molar-refractivity contribution in [1.82, 2.24) is 10.6 Å². The first kappa shape index (κ1) is 22.5. The fraction of sp³-hybridized carbons (Fsp3) is 0.550. The normalized spacial score (nSPS) is 13.6. The average molecular weight is 378 g/mol. The summed E-state index contributed by atoms with van der Waals surface area (Å²) in [5.74, 6) is -1.50. The summed E-state index contributed by atoms with van der Waals surface area (Å²) in [6.45, 7) is 8.88. The molecule has 0 aliphatic carbocycles. The Bertz CT molecular complexity index is 638. The van der Waals surface area contributed by atoms with Crippen LogP contribution in [-0.4, -0.2) is 40.8 Å². The first-order chi connectivity index (χ1) is 12.5. The molecular formula is C20H30N2O5. The van der Waals surface area contributed by atoms with Crippen molar-refractivity contribution in [2.75, 3.05) is 0 Å². The number of carbonyl (C=O) groups excluding carboxylic acids is 2. The van der Waals surface area contributed by atoms with Crippen LogP contribution in [0.3, 0.4) is 0 Å². The molecule has 0 fully saturated rings. The minimum atomic E-state index is -0.992. The second-order valence-electron chi connectivity index (χ2n) is 7.85. The van der Waals surface area contributed by atoms with Gasteiger partial charge < -0.3 is 20.5 Å². The summed E-state index contributed by atoms with van der Waals surface area (Å²) in [4.78, 5) is 36.0. The second kappa shape index (κ2) is 9.94. The van der Waals surface area contributed by atoms with Gasteiger partial charge in [-0.05, 0) is 32.3 Å². The Morgan fingerprint density at radius 2 is 1.67 bits per heavy atom. The molecule has 7 heteroatoms. The predicted octanol–water partition coefficient (Wildman–Crippen LogP) is 2.74. The number of alkyl carbamates (subject to hydrolysis) is 1. The van der Waals surface area contributed by atoms with Crippen LogP contribution in [0.25, 0.3) is 0 Å². The highest BCUT2D eigenvalue weighted by Crippen LogP contribution is 2.11. The van der Waals surface area contributed by atoms with Crippen LogP contribution in [-0.2, 0) is 20.7 Å². The van der Waals surface area contributed by atoms with E-state index in [1.165, 1.54) is 0 Å². The molecule has 0 aliphatic rings. The molecule has 2 amide bonds. The Morgan fingerprint density at radius 3 is 2.15 bits per heavy atom. The van der Waals surface area contributed by atoms with Gasteiger partial charge in [0.25, 0.3) is 0 Å². The van der Waals surface area contributed by atoms with Crippen LogP contribution in [0.2, 0.25) is 0 Å². The number of carboxylic acid groups (broad SMARTS) is 1. The lowest BCUT2D eigenvalue weighted by atomic mass is 9.99. The lowest BCUT2D eigenvalue weighted by Gasteiger charge is -2.26. The van der Waals surface area contributed by atoms with Gasteiger partial charge in [-0.1, -0.05) is 44.2 Å². The zero-order chi connectivity index (χ0) is 20.6. The molecule has 0 heterocycles. The van der Waals surface area contributed by atoms with Crippen LogP contribution in [0.15, 0.2) is 30.3 Å². The quantitative estimate of drug-likeness (QED) is 0.645. The highest BCUT2D eigenvalue weighted by molar-refractivity contribution is 5.86. The monoisotopic (exact) mass is 378 g/mol. The van der Waals surface area contributed by atoms with Gasteiger partial charge in [-0.3, -0.25) is 9.59 Å². The van der Waals surface area contributed by atoms with Crippen LogP contribution >= 0.6 is 0 Å². The van der Waals surface area contributed by atoms with Gasteiger partial charge in [-0.25, -0.2) is 4.79 Å². The zero-order valence-corrected chi connectivity index (χ0v) is 16.6. The Kier molecular flexibility index (Phi) is 8.28. The van der Waals surface area contributed by atoms with Gasteiger partial charge in [0.15, 0.2) is 0 Å². The van der Waals surface area contributed by atoms with E-state index in [2.05, 4.69) is 10.6 Å². The maximum atomic E-state index is 12.8. The number of rotatable bonds is 8. The smallest absolute Gasteiger partial charge is 0.408 e. The molecule has 0 unspecified atom stereocenters. The lowest BCUT2D eigenvalue weighted by Crippen LogP contribution is -2.52. The summed E-state index contributed by atoms with van der Waals surface area (Å²) in [5, 5.41) is 14.4. The molecule has 0 radical (unpaired) electrons. The number of amides is 2. The molecule has 1 rings (SSSR count). The number of hydrogen-bond donors (Lipinski definition) is 3. The van der Waals surface area contributed by atoms with Crippen molar-refractivity contribution in [3.8, 4) is 0 Å². The minimum absolute atomic E-state index is 0.0658. The number of aliphatic carboxylic acids is 1. The number of carbonyl (C=O) groups is 3. The first-order valence-corrected chi connectivity index (χ1v) is 9.03. The van der Waals surface area contributed by atoms with E-state index in [1.54, 1.807) is 20.8 Å². The first-order valence-electron chi connectivity index (χ1n) is 9.03. The van der Waals surface area contributed by atoms with Crippen LogP contribution in [0.4, 0.5) is 4.79 Å². The summed E-state index contributed by atoms with van der Waals surface area (Å²) < 4.78 is 5.25. The molecular weight excluding hydrogens is 348 g/mol. The molecule has 0 aliphatic heterocycles. The molecule has 0 bridgehead atoms. The summed E-state index contributed by atoms with van der Waals surface area (Å²) in [5.41, 5.74) is 0.176. The van der Waals surface area contributed by atoms with Crippen molar-refractivity contribution in [1.29, 1.82) is 0 Å². The predicted molar refractivity (Wildman–Crippen MR) is 102 cm³/mol. The van der Waals surface area contributed by atoms with E-state index in [0.717, 1.165) is 5.56 Å². The highest BCUT2D eigenvalue weighted by atomic mass is 16.6. The molecule has 150 valence electrons. The van der Waals surface area contributed by atoms with E-state index in [9.17, 15) is 14.4 Å². The second-order valence-corrected chi connectivity index (χ2v) is 7.85. The van der Waals surface area contributed by atoms with E-state index in [0.29, 0.717) is 0 Å². The molecule has 27 heavy (non-hydrogen) atoms. The van der Waals surface area contributed by atoms with E-state index in [-0.39, 0.29) is 18.8 Å². The van der Waals surface area contributed by atoms with Crippen molar-refractivity contribution in [3.63, 3.8) is 0 Å². The Labute approximate surface area is 160 Å². The van der Waals surface area contributed by atoms with Gasteiger partial charge >= 0.3 is 12.1 Å². The molecule has 0 spiro atoms. The number of ether oxygens (including phenoxy) is 1. The third kappa shape index (κ3) is 9.08. The van der Waals surface area contributed by atoms with Crippen LogP contribution in [0.1, 0.15) is 46.6 Å². The summed E-state index contributed by atoms with van der Waals surface area (Å²) in [6, 6.07) is 7.85. The molecule has 0 saturated heterocycles. The fourth-order valence-corrected chi connectivity index (χ4v) is 2.43. The van der Waals surface area contributed by atoms with Gasteiger partial charge in [-0.15, -0.1) is 0 Å². The number of nitrogens with one attached hydrogen (secondary N) is 2. The van der Waals surface area contributed by atoms with Crippen LogP contribution in [0, 0.1) is 5.92 Å². The number of benzene rings is 1. The third-order valence-electron chi connectivity index (χ3n) is 3.82. The summed E-state index contributed by atoms with van der Waals surface area (Å²) in [6.07, 6.45) is -0.615. The number of carboxylic acids is 1. The van der Waals surface area contributed by atoms with Crippen LogP contribution < -0.4 is 10.6 Å². The molecule has 1 aromatic rings. The molecule has 0 aromatic heterocycles. The van der Waals surface area contributed by atoms with Gasteiger partial charge in [0.1, 0.15) is 11.6 Å². The Morgan fingerprint density at radius 1 is 1.07 bits per heavy atom. The molecule has 1 aromatic carbocycles. The van der Waals surface area contributed by atoms with Gasteiger partial charge in [0.05, 0.1) is 6.42 Å². The topological polar surface area (TPSA) is 105 Å². The SMILES string of the molecule is CC(C)[C@@H](CC(=O)O)NC(=O)[C@@H](Cc1ccccc1)NC(=O)OC(C)(C)C. The van der Waals surface area contributed by atoms with Crippen molar-refractivity contribution in [2.45, 2.75) is 65.1 Å². The maximum absolute atomic E-state index is 12.8. The van der Waals surface area contributed by atoms with Gasteiger partial charge in [0, 0.05) is 12.5 Å². The van der Waals surface area contributed by atoms with Crippen molar-refractivity contribution < 1.29 is 24.2 Å². The molecule has 0 saturated carbocycles. The maximum Gasteiger partial charge on any atom is 0.408 e. The minimum Gasteiger partial charge on any atom is -0.481 e. The van der Waals surface area contributed by atoms with E-state index in [1.807, 2.05) is 44.2 Å². The van der Waals surface area contributed by atoms with Crippen LogP contribution in [0.5, 0.6) is 0 Å². The van der Waals surface area contributed by atoms with Crippen molar-refractivity contribution >= 4 is 18.0 Å². The van der Waals surface area contributed by atoms with Gasteiger partial charge in [-0.2, -0.15) is 0 Å². The van der Waals surface area contributed by atoms with Crippen molar-refractivity contribution in [3.05, 3.63) is 35.9 Å². The molecule has 7 nitrogen and oxygen atoms in total. The fourth-order valence-electron chi connectivity index (χ4n) is 2.43. The van der Waals surface area contributed by atoms with E-state index < -0.39 is 35.7 Å². The standard InChI is InChI=1S/C20H30N2O5/c1-13(2)15(12-17(23)24)21-18(25)16(11-14-9-7-6-8-10-14)22-19(26)27-20(3,4)5/h6-10,13,15-16H,11-12H2,1-5H3,(H,21,25)(H,22,26)(H,23,24)/t15-,16-/m1/s1. The summed E-state index contributed by atoms with van der Waals surface area (Å²) in [7, 11) is 0. The summed E-state index contributed by atoms with van der Waals surface area (Å²) >= 11 is 0. The Balaban J connectivity index is 2.92. The molecule has 3 N–H and O–H groups in total. The number of hydrogen-bond acceptors (Lipinski definition) is 4. The zero-order valence-electron chi connectivity index (χ0n) is 16.6. The molecule has 2 atom stereocenters. The third-order valence-corrected chi connectivity index (χ3v) is 3.82. The van der Waals surface area contributed by atoms with E-state index >= 15 is 0 Å². The average Bonchev–Trinajstić information content (AvgIpc) is 2.52. The largest absolute Gasteiger partial charge is 0.481 e. The van der Waals surface area contributed by atoms with E-state index in [4.69, 9.17) is 9.84 Å².